The lowest BCUT2D eigenvalue weighted by Crippen LogP contribution is -2.28. The Balaban J connectivity index is 1.93. The minimum Gasteiger partial charge on any atom is -0.467 e. The lowest BCUT2D eigenvalue weighted by atomic mass is 10.2. The number of hydrogen-bond acceptors (Lipinski definition) is 3. The van der Waals surface area contributed by atoms with E-state index in [-0.39, 0.29) is 0 Å². The maximum atomic E-state index is 8.94. The van der Waals surface area contributed by atoms with Crippen LogP contribution in [0.5, 0.6) is 0 Å². The molecule has 2 aromatic rings. The molecule has 90 valence electrons. The lowest BCUT2D eigenvalue weighted by Gasteiger charge is -2.10. The smallest absolute Gasteiger partial charge is 0.171 e. The van der Waals surface area contributed by atoms with Crippen LogP contribution in [-0.4, -0.2) is 5.11 Å². The van der Waals surface area contributed by atoms with E-state index in [9.17, 15) is 0 Å². The summed E-state index contributed by atoms with van der Waals surface area (Å²) in [6.07, 6.45) is 1.61. The fourth-order valence-corrected chi connectivity index (χ4v) is 1.62. The van der Waals surface area contributed by atoms with E-state index in [0.717, 1.165) is 5.76 Å². The highest BCUT2D eigenvalue weighted by molar-refractivity contribution is 7.80. The van der Waals surface area contributed by atoms with E-state index in [1.54, 1.807) is 18.4 Å². The second-order valence-electron chi connectivity index (χ2n) is 3.54. The van der Waals surface area contributed by atoms with Crippen LogP contribution in [0.15, 0.2) is 47.1 Å². The number of anilines is 1. The predicted octanol–water partition coefficient (Wildman–Crippen LogP) is 2.64. The summed E-state index contributed by atoms with van der Waals surface area (Å²) in [5.41, 5.74) is 1.25. The summed E-state index contributed by atoms with van der Waals surface area (Å²) in [4.78, 5) is 0. The third-order valence-corrected chi connectivity index (χ3v) is 2.55. The van der Waals surface area contributed by atoms with Gasteiger partial charge < -0.3 is 15.1 Å². The van der Waals surface area contributed by atoms with Gasteiger partial charge in [0.15, 0.2) is 5.11 Å². The van der Waals surface area contributed by atoms with Gasteiger partial charge in [-0.2, -0.15) is 5.26 Å². The van der Waals surface area contributed by atoms with Crippen LogP contribution in [0.3, 0.4) is 0 Å². The Hall–Kier alpha value is -2.32. The van der Waals surface area contributed by atoms with Gasteiger partial charge in [0.2, 0.25) is 0 Å². The largest absolute Gasteiger partial charge is 0.467 e. The van der Waals surface area contributed by atoms with Crippen molar-refractivity contribution in [2.45, 2.75) is 6.54 Å². The van der Waals surface area contributed by atoms with Crippen LogP contribution in [0.2, 0.25) is 0 Å². The molecule has 0 atom stereocenters. The summed E-state index contributed by atoms with van der Waals surface area (Å²) in [5, 5.41) is 15.4. The van der Waals surface area contributed by atoms with Gasteiger partial charge in [0.05, 0.1) is 24.1 Å². The number of furan rings is 1. The van der Waals surface area contributed by atoms with Gasteiger partial charge in [0.1, 0.15) is 11.8 Å². The van der Waals surface area contributed by atoms with E-state index in [4.69, 9.17) is 21.9 Å². The molecule has 2 N–H and O–H groups in total. The molecule has 18 heavy (non-hydrogen) atoms. The third-order valence-electron chi connectivity index (χ3n) is 2.30. The maximum Gasteiger partial charge on any atom is 0.171 e. The predicted molar refractivity (Wildman–Crippen MR) is 72.9 cm³/mol. The van der Waals surface area contributed by atoms with Crippen molar-refractivity contribution in [3.8, 4) is 6.07 Å². The Morgan fingerprint density at radius 2 is 2.11 bits per heavy atom. The molecule has 0 aliphatic rings. The second kappa shape index (κ2) is 5.84. The Morgan fingerprint density at radius 3 is 2.83 bits per heavy atom. The molecule has 2 rings (SSSR count). The molecule has 1 aromatic heterocycles. The van der Waals surface area contributed by atoms with Crippen molar-refractivity contribution in [2.75, 3.05) is 5.32 Å². The van der Waals surface area contributed by atoms with Crippen LogP contribution in [0.4, 0.5) is 5.69 Å². The number of nitrogens with one attached hydrogen (secondary N) is 2. The summed E-state index contributed by atoms with van der Waals surface area (Å²) >= 11 is 5.14. The summed E-state index contributed by atoms with van der Waals surface area (Å²) in [7, 11) is 0. The van der Waals surface area contributed by atoms with Gasteiger partial charge in [-0.25, -0.2) is 0 Å². The van der Waals surface area contributed by atoms with Crippen LogP contribution >= 0.6 is 12.2 Å². The lowest BCUT2D eigenvalue weighted by molar-refractivity contribution is 0.503. The van der Waals surface area contributed by atoms with E-state index < -0.39 is 0 Å². The topological polar surface area (TPSA) is 61.0 Å². The number of benzene rings is 1. The van der Waals surface area contributed by atoms with Crippen LogP contribution in [-0.2, 0) is 6.54 Å². The number of rotatable bonds is 3. The first-order valence-electron chi connectivity index (χ1n) is 5.36. The number of para-hydroxylation sites is 1. The maximum absolute atomic E-state index is 8.94. The zero-order valence-corrected chi connectivity index (χ0v) is 10.3. The molecule has 1 aromatic carbocycles. The molecule has 0 saturated carbocycles. The van der Waals surface area contributed by atoms with Gasteiger partial charge >= 0.3 is 0 Å². The number of nitrogens with zero attached hydrogens (tertiary/aromatic N) is 1. The van der Waals surface area contributed by atoms with Crippen molar-refractivity contribution < 1.29 is 4.42 Å². The molecular formula is C13H11N3OS. The Morgan fingerprint density at radius 1 is 1.28 bits per heavy atom. The highest BCUT2D eigenvalue weighted by Gasteiger charge is 2.03. The van der Waals surface area contributed by atoms with Crippen molar-refractivity contribution >= 4 is 23.0 Å². The molecular weight excluding hydrogens is 246 g/mol. The summed E-state index contributed by atoms with van der Waals surface area (Å²) in [6, 6.07) is 13.0. The molecule has 0 amide bonds. The number of thiocarbonyl (C=S) groups is 1. The van der Waals surface area contributed by atoms with Crippen LogP contribution in [0.25, 0.3) is 0 Å². The summed E-state index contributed by atoms with van der Waals surface area (Å²) in [5.74, 6) is 0.799. The number of hydrogen-bond donors (Lipinski definition) is 2. The van der Waals surface area contributed by atoms with Crippen molar-refractivity contribution in [1.29, 1.82) is 5.26 Å². The van der Waals surface area contributed by atoms with Gasteiger partial charge in [0, 0.05) is 0 Å². The summed E-state index contributed by atoms with van der Waals surface area (Å²) in [6.45, 7) is 0.507. The van der Waals surface area contributed by atoms with Gasteiger partial charge in [-0.15, -0.1) is 0 Å². The van der Waals surface area contributed by atoms with Gasteiger partial charge in [-0.1, -0.05) is 12.1 Å². The second-order valence-corrected chi connectivity index (χ2v) is 3.95. The van der Waals surface area contributed by atoms with Crippen molar-refractivity contribution in [1.82, 2.24) is 5.32 Å². The van der Waals surface area contributed by atoms with E-state index in [0.29, 0.717) is 22.9 Å². The standard InChI is InChI=1S/C13H11N3OS/c14-8-10-4-1-2-6-12(10)16-13(18)15-9-11-5-3-7-17-11/h1-7H,9H2,(H2,15,16,18). The molecule has 1 heterocycles. The monoisotopic (exact) mass is 257 g/mol. The zero-order valence-electron chi connectivity index (χ0n) is 9.51. The van der Waals surface area contributed by atoms with E-state index in [2.05, 4.69) is 16.7 Å². The molecule has 0 aliphatic heterocycles. The Labute approximate surface area is 110 Å². The molecule has 0 fully saturated rings. The molecule has 0 spiro atoms. The SMILES string of the molecule is N#Cc1ccccc1NC(=S)NCc1ccco1. The van der Waals surface area contributed by atoms with Crippen molar-refractivity contribution in [3.05, 3.63) is 54.0 Å². The fraction of sp³-hybridized carbons (Fsp3) is 0.0769. The van der Waals surface area contributed by atoms with Gasteiger partial charge in [-0.05, 0) is 36.5 Å². The minimum absolute atomic E-state index is 0.453. The van der Waals surface area contributed by atoms with E-state index in [1.165, 1.54) is 0 Å². The first-order valence-corrected chi connectivity index (χ1v) is 5.77. The average Bonchev–Trinajstić information content (AvgIpc) is 2.90. The van der Waals surface area contributed by atoms with Crippen LogP contribution in [0.1, 0.15) is 11.3 Å². The van der Waals surface area contributed by atoms with E-state index >= 15 is 0 Å². The Bertz CT molecular complexity index is 572. The highest BCUT2D eigenvalue weighted by Crippen LogP contribution is 2.13. The first kappa shape index (κ1) is 12.1. The molecule has 0 saturated heterocycles. The number of nitriles is 1. The average molecular weight is 257 g/mol. The molecule has 0 unspecified atom stereocenters. The molecule has 5 heteroatoms. The quantitative estimate of drug-likeness (QED) is 0.828. The normalized spacial score (nSPS) is 9.50. The molecule has 0 radical (unpaired) electrons. The van der Waals surface area contributed by atoms with Gasteiger partial charge in [-0.3, -0.25) is 0 Å². The molecule has 0 aliphatic carbocycles. The third kappa shape index (κ3) is 3.09. The Kier molecular flexibility index (Phi) is 3.94. The van der Waals surface area contributed by atoms with Crippen LogP contribution in [0, 0.1) is 11.3 Å². The van der Waals surface area contributed by atoms with E-state index in [1.807, 2.05) is 24.3 Å². The van der Waals surface area contributed by atoms with Gasteiger partial charge in [0.25, 0.3) is 0 Å². The van der Waals surface area contributed by atoms with Crippen LogP contribution < -0.4 is 10.6 Å². The highest BCUT2D eigenvalue weighted by atomic mass is 32.1. The zero-order chi connectivity index (χ0) is 12.8. The molecule has 0 bridgehead atoms. The minimum atomic E-state index is 0.453. The molecule has 4 nitrogen and oxygen atoms in total. The van der Waals surface area contributed by atoms with Crippen molar-refractivity contribution in [2.24, 2.45) is 0 Å². The summed E-state index contributed by atoms with van der Waals surface area (Å²) < 4.78 is 5.18. The van der Waals surface area contributed by atoms with Crippen molar-refractivity contribution in [3.63, 3.8) is 0 Å². The fourth-order valence-electron chi connectivity index (χ4n) is 1.44. The first-order chi connectivity index (χ1) is 8.79.